The highest BCUT2D eigenvalue weighted by atomic mass is 16.3. The van der Waals surface area contributed by atoms with Crippen LogP contribution >= 0.6 is 0 Å². The number of carbonyl (C=O) groups excluding carboxylic acids is 1. The molecule has 2 atom stereocenters. The molecular formula is C16H27N3O2. The van der Waals surface area contributed by atoms with Gasteiger partial charge in [0.05, 0.1) is 6.10 Å². The van der Waals surface area contributed by atoms with E-state index in [-0.39, 0.29) is 18.1 Å². The van der Waals surface area contributed by atoms with Gasteiger partial charge in [0.2, 0.25) is 0 Å². The van der Waals surface area contributed by atoms with Gasteiger partial charge in [-0.1, -0.05) is 19.1 Å². The number of benzene rings is 1. The average Bonchev–Trinajstić information content (AvgIpc) is 2.42. The van der Waals surface area contributed by atoms with Crippen molar-refractivity contribution >= 4 is 11.7 Å². The van der Waals surface area contributed by atoms with Crippen molar-refractivity contribution in [3.63, 3.8) is 0 Å². The molecule has 0 aromatic heterocycles. The smallest absolute Gasteiger partial charge is 0.315 e. The molecule has 0 aliphatic carbocycles. The number of carbonyl (C=O) groups is 1. The van der Waals surface area contributed by atoms with Crippen molar-refractivity contribution in [1.29, 1.82) is 0 Å². The molecule has 5 heteroatoms. The summed E-state index contributed by atoms with van der Waals surface area (Å²) in [6.45, 7) is 4.83. The molecule has 2 unspecified atom stereocenters. The molecule has 0 spiro atoms. The third kappa shape index (κ3) is 6.99. The van der Waals surface area contributed by atoms with E-state index < -0.39 is 0 Å². The molecule has 0 heterocycles. The second-order valence-electron chi connectivity index (χ2n) is 5.82. The molecular weight excluding hydrogens is 266 g/mol. The van der Waals surface area contributed by atoms with Gasteiger partial charge < -0.3 is 20.6 Å². The first-order chi connectivity index (χ1) is 9.88. The molecule has 21 heavy (non-hydrogen) atoms. The van der Waals surface area contributed by atoms with Gasteiger partial charge in [-0.05, 0) is 37.0 Å². The number of nitrogens with one attached hydrogen (secondary N) is 2. The van der Waals surface area contributed by atoms with Gasteiger partial charge in [0.1, 0.15) is 0 Å². The predicted octanol–water partition coefficient (Wildman–Crippen LogP) is 1.96. The Morgan fingerprint density at radius 2 is 2.00 bits per heavy atom. The van der Waals surface area contributed by atoms with Crippen molar-refractivity contribution in [2.75, 3.05) is 25.5 Å². The maximum Gasteiger partial charge on any atom is 0.315 e. The molecule has 0 aliphatic heterocycles. The Hall–Kier alpha value is -1.75. The van der Waals surface area contributed by atoms with Crippen molar-refractivity contribution in [1.82, 2.24) is 10.6 Å². The maximum absolute atomic E-state index is 11.7. The van der Waals surface area contributed by atoms with Crippen molar-refractivity contribution < 1.29 is 9.90 Å². The third-order valence-corrected chi connectivity index (χ3v) is 3.23. The number of anilines is 1. The largest absolute Gasteiger partial charge is 0.393 e. The highest BCUT2D eigenvalue weighted by molar-refractivity contribution is 5.73. The highest BCUT2D eigenvalue weighted by Crippen LogP contribution is 2.13. The van der Waals surface area contributed by atoms with Crippen molar-refractivity contribution in [2.24, 2.45) is 5.92 Å². The summed E-state index contributed by atoms with van der Waals surface area (Å²) < 4.78 is 0. The van der Waals surface area contributed by atoms with Crippen LogP contribution in [0.3, 0.4) is 0 Å². The van der Waals surface area contributed by atoms with Gasteiger partial charge in [-0.3, -0.25) is 0 Å². The number of amides is 2. The lowest BCUT2D eigenvalue weighted by atomic mass is 10.1. The minimum Gasteiger partial charge on any atom is -0.393 e. The minimum atomic E-state index is -0.335. The van der Waals surface area contributed by atoms with Crippen LogP contribution in [0.2, 0.25) is 0 Å². The molecule has 3 N–H and O–H groups in total. The molecule has 1 aromatic carbocycles. The zero-order chi connectivity index (χ0) is 15.8. The number of aliphatic hydroxyl groups is 1. The summed E-state index contributed by atoms with van der Waals surface area (Å²) in [5.41, 5.74) is 2.17. The lowest BCUT2D eigenvalue weighted by Gasteiger charge is -2.15. The van der Waals surface area contributed by atoms with Crippen molar-refractivity contribution in [2.45, 2.75) is 32.9 Å². The monoisotopic (exact) mass is 293 g/mol. The molecule has 1 rings (SSSR count). The van der Waals surface area contributed by atoms with Crippen LogP contribution in [0.1, 0.15) is 25.8 Å². The van der Waals surface area contributed by atoms with Gasteiger partial charge in [0.25, 0.3) is 0 Å². The fraction of sp³-hybridized carbons (Fsp3) is 0.562. The second kappa shape index (κ2) is 8.52. The number of rotatable bonds is 7. The molecule has 0 aliphatic rings. The van der Waals surface area contributed by atoms with Crippen molar-refractivity contribution in [3.8, 4) is 0 Å². The van der Waals surface area contributed by atoms with Gasteiger partial charge in [0.15, 0.2) is 0 Å². The van der Waals surface area contributed by atoms with E-state index in [0.717, 1.165) is 11.3 Å². The molecule has 0 fully saturated rings. The standard InChI is InChI=1S/C16H27N3O2/c1-12(8-13(2)20)10-17-16(21)18-11-14-6-5-7-15(9-14)19(3)4/h5-7,9,12-13,20H,8,10-11H2,1-4H3,(H2,17,18,21). The molecule has 0 saturated heterocycles. The van der Waals surface area contributed by atoms with Gasteiger partial charge in [-0.25, -0.2) is 4.79 Å². The molecule has 118 valence electrons. The Bertz CT molecular complexity index is 447. The maximum atomic E-state index is 11.7. The molecule has 0 saturated carbocycles. The normalized spacial score (nSPS) is 13.4. The Morgan fingerprint density at radius 1 is 1.29 bits per heavy atom. The summed E-state index contributed by atoms with van der Waals surface area (Å²) in [4.78, 5) is 13.8. The third-order valence-electron chi connectivity index (χ3n) is 3.23. The Morgan fingerprint density at radius 3 is 2.62 bits per heavy atom. The summed E-state index contributed by atoms with van der Waals surface area (Å²) in [6.07, 6.45) is 0.351. The summed E-state index contributed by atoms with van der Waals surface area (Å²) in [5, 5.41) is 14.9. The molecule has 1 aromatic rings. The van der Waals surface area contributed by atoms with Crippen LogP contribution in [-0.2, 0) is 6.54 Å². The lowest BCUT2D eigenvalue weighted by Crippen LogP contribution is -2.37. The van der Waals surface area contributed by atoms with E-state index >= 15 is 0 Å². The Labute approximate surface area is 127 Å². The van der Waals surface area contributed by atoms with Gasteiger partial charge in [-0.2, -0.15) is 0 Å². The highest BCUT2D eigenvalue weighted by Gasteiger charge is 2.08. The van der Waals surface area contributed by atoms with Gasteiger partial charge in [0, 0.05) is 32.9 Å². The van der Waals surface area contributed by atoms with E-state index in [1.165, 1.54) is 0 Å². The van der Waals surface area contributed by atoms with E-state index in [0.29, 0.717) is 19.5 Å². The lowest BCUT2D eigenvalue weighted by molar-refractivity contribution is 0.163. The van der Waals surface area contributed by atoms with E-state index in [1.807, 2.05) is 44.1 Å². The number of hydrogen-bond acceptors (Lipinski definition) is 3. The predicted molar refractivity (Wildman–Crippen MR) is 86.5 cm³/mol. The number of hydrogen-bond donors (Lipinski definition) is 3. The average molecular weight is 293 g/mol. The van der Waals surface area contributed by atoms with Crippen LogP contribution in [0.4, 0.5) is 10.5 Å². The molecule has 2 amide bonds. The Kier molecular flexibility index (Phi) is 7.02. The minimum absolute atomic E-state index is 0.178. The Balaban J connectivity index is 2.34. The van der Waals surface area contributed by atoms with Crippen LogP contribution in [0, 0.1) is 5.92 Å². The van der Waals surface area contributed by atoms with Gasteiger partial charge >= 0.3 is 6.03 Å². The van der Waals surface area contributed by atoms with E-state index in [9.17, 15) is 9.90 Å². The molecule has 5 nitrogen and oxygen atoms in total. The molecule has 0 radical (unpaired) electrons. The van der Waals surface area contributed by atoms with Crippen LogP contribution in [0.5, 0.6) is 0 Å². The summed E-state index contributed by atoms with van der Waals surface area (Å²) in [5.74, 6) is 0.257. The SMILES string of the molecule is CC(O)CC(C)CNC(=O)NCc1cccc(N(C)C)c1. The second-order valence-corrected chi connectivity index (χ2v) is 5.82. The summed E-state index contributed by atoms with van der Waals surface area (Å²) in [7, 11) is 3.98. The summed E-state index contributed by atoms with van der Waals surface area (Å²) in [6, 6.07) is 7.87. The fourth-order valence-electron chi connectivity index (χ4n) is 2.12. The first-order valence-corrected chi connectivity index (χ1v) is 7.34. The fourth-order valence-corrected chi connectivity index (χ4v) is 2.12. The first kappa shape index (κ1) is 17.3. The van der Waals surface area contributed by atoms with E-state index in [4.69, 9.17) is 0 Å². The molecule has 0 bridgehead atoms. The van der Waals surface area contributed by atoms with Crippen LogP contribution in [0.15, 0.2) is 24.3 Å². The van der Waals surface area contributed by atoms with Crippen molar-refractivity contribution in [3.05, 3.63) is 29.8 Å². The number of nitrogens with zero attached hydrogens (tertiary/aromatic N) is 1. The van der Waals surface area contributed by atoms with Gasteiger partial charge in [-0.15, -0.1) is 0 Å². The van der Waals surface area contributed by atoms with Crippen LogP contribution < -0.4 is 15.5 Å². The van der Waals surface area contributed by atoms with E-state index in [2.05, 4.69) is 16.7 Å². The van der Waals surface area contributed by atoms with Crippen LogP contribution in [-0.4, -0.2) is 37.9 Å². The number of aliphatic hydroxyl groups excluding tert-OH is 1. The quantitative estimate of drug-likeness (QED) is 0.720. The zero-order valence-corrected chi connectivity index (χ0v) is 13.4. The number of urea groups is 1. The zero-order valence-electron chi connectivity index (χ0n) is 13.4. The van der Waals surface area contributed by atoms with E-state index in [1.54, 1.807) is 6.92 Å². The van der Waals surface area contributed by atoms with Crippen LogP contribution in [0.25, 0.3) is 0 Å². The first-order valence-electron chi connectivity index (χ1n) is 7.34. The summed E-state index contributed by atoms with van der Waals surface area (Å²) >= 11 is 0. The topological polar surface area (TPSA) is 64.6 Å².